The number of nitriles is 1. The molecule has 0 atom stereocenters. The fourth-order valence-electron chi connectivity index (χ4n) is 6.21. The molecule has 1 aromatic heterocycles. The van der Waals surface area contributed by atoms with E-state index in [1.807, 2.05) is 13.2 Å². The van der Waals surface area contributed by atoms with Gasteiger partial charge in [-0.1, -0.05) is 108 Å². The molecule has 0 aliphatic carbocycles. The highest BCUT2D eigenvalue weighted by Gasteiger charge is 2.25. The second-order valence-electron chi connectivity index (χ2n) is 14.1. The third-order valence-corrected chi connectivity index (χ3v) is 8.33. The van der Waals surface area contributed by atoms with Crippen LogP contribution in [0.5, 0.6) is 0 Å². The van der Waals surface area contributed by atoms with Crippen molar-refractivity contribution in [2.24, 2.45) is 12.5 Å². The zero-order valence-corrected chi connectivity index (χ0v) is 26.7. The van der Waals surface area contributed by atoms with Crippen LogP contribution in [0.25, 0.3) is 44.3 Å². The van der Waals surface area contributed by atoms with Crippen molar-refractivity contribution in [1.82, 2.24) is 0 Å². The van der Waals surface area contributed by atoms with Gasteiger partial charge in [-0.15, -0.1) is 0 Å². The van der Waals surface area contributed by atoms with Gasteiger partial charge in [0.2, 0.25) is 5.69 Å². The van der Waals surface area contributed by atoms with Gasteiger partial charge in [0.1, 0.15) is 18.7 Å². The number of benzene rings is 4. The second-order valence-corrected chi connectivity index (χ2v) is 14.1. The smallest absolute Gasteiger partial charge is 0.200 e. The molecule has 0 aliphatic rings. The average Bonchev–Trinajstić information content (AvgIpc) is 2.92. The second kappa shape index (κ2) is 10.9. The van der Waals surface area contributed by atoms with E-state index in [4.69, 9.17) is 0 Å². The summed E-state index contributed by atoms with van der Waals surface area (Å²) >= 11 is 0. The molecule has 0 saturated carbocycles. The molecule has 0 spiro atoms. The van der Waals surface area contributed by atoms with Gasteiger partial charge in [0, 0.05) is 17.2 Å². The summed E-state index contributed by atoms with van der Waals surface area (Å²) in [4.78, 5) is 0. The first-order valence-electron chi connectivity index (χ1n) is 14.9. The molecule has 0 bridgehead atoms. The Kier molecular flexibility index (Phi) is 7.59. The Bertz CT molecular complexity index is 1840. The molecule has 0 amide bonds. The van der Waals surface area contributed by atoms with Crippen molar-refractivity contribution in [3.8, 4) is 39.6 Å². The lowest BCUT2D eigenvalue weighted by molar-refractivity contribution is -0.660. The summed E-state index contributed by atoms with van der Waals surface area (Å²) in [6.07, 6.45) is 3.04. The van der Waals surface area contributed by atoms with E-state index in [0.717, 1.165) is 28.8 Å². The minimum absolute atomic E-state index is 0.00653. The van der Waals surface area contributed by atoms with Gasteiger partial charge in [-0.05, 0) is 86.9 Å². The van der Waals surface area contributed by atoms with Crippen LogP contribution in [-0.4, -0.2) is 0 Å². The van der Waals surface area contributed by atoms with Gasteiger partial charge in [-0.25, -0.2) is 0 Å². The Morgan fingerprint density at radius 3 is 1.95 bits per heavy atom. The van der Waals surface area contributed by atoms with Gasteiger partial charge < -0.3 is 0 Å². The zero-order valence-electron chi connectivity index (χ0n) is 26.7. The van der Waals surface area contributed by atoms with Gasteiger partial charge in [0.25, 0.3) is 0 Å². The van der Waals surface area contributed by atoms with E-state index in [1.54, 1.807) is 0 Å². The van der Waals surface area contributed by atoms with Crippen LogP contribution in [0.3, 0.4) is 0 Å². The van der Waals surface area contributed by atoms with Crippen LogP contribution in [0.15, 0.2) is 85.1 Å². The lowest BCUT2D eigenvalue weighted by Crippen LogP contribution is -2.32. The summed E-state index contributed by atoms with van der Waals surface area (Å²) in [5, 5.41) is 12.8. The van der Waals surface area contributed by atoms with E-state index in [0.29, 0.717) is 5.56 Å². The van der Waals surface area contributed by atoms with Crippen LogP contribution in [0.1, 0.15) is 69.4 Å². The molecule has 4 aromatic carbocycles. The van der Waals surface area contributed by atoms with Crippen LogP contribution in [0.4, 0.5) is 0 Å². The quantitative estimate of drug-likeness (QED) is 0.204. The Hall–Kier alpha value is -4.22. The third-order valence-electron chi connectivity index (χ3n) is 8.33. The first-order chi connectivity index (χ1) is 19.8. The number of nitrogens with zero attached hydrogens (tertiary/aromatic N) is 2. The van der Waals surface area contributed by atoms with E-state index in [1.165, 1.54) is 44.2 Å². The number of hydrogen-bond acceptors (Lipinski definition) is 1. The summed E-state index contributed by atoms with van der Waals surface area (Å²) in [6, 6.07) is 31.3. The number of aromatic nitrogens is 1. The predicted molar refractivity (Wildman–Crippen MR) is 177 cm³/mol. The number of fused-ring (bicyclic) bond motifs is 1. The van der Waals surface area contributed by atoms with Crippen molar-refractivity contribution < 1.29 is 4.57 Å². The maximum absolute atomic E-state index is 10.2. The van der Waals surface area contributed by atoms with Crippen LogP contribution >= 0.6 is 0 Å². The molecule has 1 heterocycles. The van der Waals surface area contributed by atoms with Crippen molar-refractivity contribution in [3.05, 3.63) is 113 Å². The summed E-state index contributed by atoms with van der Waals surface area (Å²) in [5.41, 5.74) is 12.8. The van der Waals surface area contributed by atoms with Crippen LogP contribution in [0, 0.1) is 30.6 Å². The van der Waals surface area contributed by atoms with Crippen LogP contribution < -0.4 is 4.57 Å². The molecule has 0 radical (unpaired) electrons. The fraction of sp³-hybridized carbons (Fsp3) is 0.300. The normalized spacial score (nSPS) is 12.0. The molecule has 0 N–H and O–H groups in total. The van der Waals surface area contributed by atoms with Crippen LogP contribution in [0.2, 0.25) is 0 Å². The van der Waals surface area contributed by atoms with E-state index >= 15 is 0 Å². The average molecular weight is 552 g/mol. The van der Waals surface area contributed by atoms with E-state index < -0.39 is 0 Å². The standard InChI is InChI=1S/C40H43N2/c1-26-20-30(29-16-14-28(15-17-29)23-39(3,4)5)18-19-32(26)36-22-38(42(9)25-31(36)24-41)35-21-37(40(6,7)8)34-13-11-10-12-33(34)27(35)2/h10-22,25H,23H2,1-9H3/q+1. The molecule has 2 nitrogen and oxygen atoms in total. The monoisotopic (exact) mass is 551 g/mol. The molecule has 2 heteroatoms. The van der Waals surface area contributed by atoms with Crippen LogP contribution in [-0.2, 0) is 18.9 Å². The molecule has 0 unspecified atom stereocenters. The van der Waals surface area contributed by atoms with Crippen molar-refractivity contribution >= 4 is 10.8 Å². The lowest BCUT2D eigenvalue weighted by Gasteiger charge is -2.24. The van der Waals surface area contributed by atoms with Crippen molar-refractivity contribution in [3.63, 3.8) is 0 Å². The number of pyridine rings is 1. The van der Waals surface area contributed by atoms with E-state index in [9.17, 15) is 5.26 Å². The van der Waals surface area contributed by atoms with E-state index in [2.05, 4.69) is 145 Å². The first-order valence-corrected chi connectivity index (χ1v) is 14.9. The lowest BCUT2D eigenvalue weighted by atomic mass is 9.80. The minimum Gasteiger partial charge on any atom is -0.200 e. The maximum Gasteiger partial charge on any atom is 0.213 e. The Labute approximate surface area is 252 Å². The summed E-state index contributed by atoms with van der Waals surface area (Å²) in [7, 11) is 2.05. The fourth-order valence-corrected chi connectivity index (χ4v) is 6.21. The molecular weight excluding hydrogens is 508 g/mol. The van der Waals surface area contributed by atoms with Gasteiger partial charge in [-0.3, -0.25) is 0 Å². The van der Waals surface area contributed by atoms with Gasteiger partial charge in [0.15, 0.2) is 6.20 Å². The highest BCUT2D eigenvalue weighted by Crippen LogP contribution is 2.39. The maximum atomic E-state index is 10.2. The Balaban J connectivity index is 1.62. The van der Waals surface area contributed by atoms with E-state index in [-0.39, 0.29) is 10.8 Å². The summed E-state index contributed by atoms with van der Waals surface area (Å²) < 4.78 is 2.11. The molecular formula is C40H43N2+. The zero-order chi connectivity index (χ0) is 30.4. The molecule has 42 heavy (non-hydrogen) atoms. The highest BCUT2D eigenvalue weighted by molar-refractivity contribution is 5.94. The largest absolute Gasteiger partial charge is 0.213 e. The molecule has 0 fully saturated rings. The number of aryl methyl sites for hydroxylation is 3. The van der Waals surface area contributed by atoms with Gasteiger partial charge >= 0.3 is 0 Å². The third kappa shape index (κ3) is 5.75. The van der Waals surface area contributed by atoms with Crippen molar-refractivity contribution in [2.75, 3.05) is 0 Å². The molecule has 0 aliphatic heterocycles. The molecule has 0 saturated heterocycles. The topological polar surface area (TPSA) is 27.7 Å². The predicted octanol–water partition coefficient (Wildman–Crippen LogP) is 10.0. The molecule has 5 rings (SSSR count). The highest BCUT2D eigenvalue weighted by atomic mass is 14.9. The van der Waals surface area contributed by atoms with Crippen molar-refractivity contribution in [2.45, 2.75) is 67.2 Å². The van der Waals surface area contributed by atoms with Gasteiger partial charge in [0.05, 0.1) is 0 Å². The summed E-state index contributed by atoms with van der Waals surface area (Å²) in [6.45, 7) is 18.0. The van der Waals surface area contributed by atoms with Gasteiger partial charge in [-0.2, -0.15) is 9.83 Å². The number of rotatable bonds is 4. The Morgan fingerprint density at radius 1 is 0.714 bits per heavy atom. The SMILES string of the molecule is Cc1cc(-c2ccc(CC(C)(C)C)cc2)ccc1-c1cc(-c2cc(C(C)(C)C)c3ccccc3c2C)[n+](C)cc1C#N. The summed E-state index contributed by atoms with van der Waals surface area (Å²) in [5.74, 6) is 0. The first kappa shape index (κ1) is 29.3. The Morgan fingerprint density at radius 2 is 1.36 bits per heavy atom. The minimum atomic E-state index is -0.00653. The van der Waals surface area contributed by atoms with Crippen molar-refractivity contribution in [1.29, 1.82) is 5.26 Å². The number of hydrogen-bond donors (Lipinski definition) is 0. The molecule has 212 valence electrons. The molecule has 5 aromatic rings.